The highest BCUT2D eigenvalue weighted by molar-refractivity contribution is 9.10. The van der Waals surface area contributed by atoms with Crippen LogP contribution in [0, 0.1) is 0 Å². The summed E-state index contributed by atoms with van der Waals surface area (Å²) in [7, 11) is 0. The van der Waals surface area contributed by atoms with E-state index in [-0.39, 0.29) is 0 Å². The van der Waals surface area contributed by atoms with E-state index in [9.17, 15) is 9.90 Å². The Kier molecular flexibility index (Phi) is 3.56. The minimum atomic E-state index is -1.10. The lowest BCUT2D eigenvalue weighted by Gasteiger charge is -2.38. The Balaban J connectivity index is 2.34. The topological polar surface area (TPSA) is 65.7 Å². The highest BCUT2D eigenvalue weighted by Gasteiger charge is 2.44. The largest absolute Gasteiger partial charge is 0.480 e. The number of furan rings is 1. The van der Waals surface area contributed by atoms with Crippen molar-refractivity contribution >= 4 is 21.9 Å². The first-order valence-corrected chi connectivity index (χ1v) is 6.29. The van der Waals surface area contributed by atoms with Crippen molar-refractivity contribution < 1.29 is 14.3 Å². The molecule has 5 nitrogen and oxygen atoms in total. The SMILES string of the molecule is CC(C(=O)O)(c1ccc(Br)o1)N1CCNCC1. The summed E-state index contributed by atoms with van der Waals surface area (Å²) in [4.78, 5) is 13.5. The lowest BCUT2D eigenvalue weighted by Crippen LogP contribution is -2.56. The van der Waals surface area contributed by atoms with Crippen molar-refractivity contribution in [1.82, 2.24) is 10.2 Å². The number of hydrogen-bond donors (Lipinski definition) is 2. The van der Waals surface area contributed by atoms with Gasteiger partial charge in [0.25, 0.3) is 0 Å². The smallest absolute Gasteiger partial charge is 0.331 e. The van der Waals surface area contributed by atoms with E-state index < -0.39 is 11.5 Å². The predicted octanol–water partition coefficient (Wildman–Crippen LogP) is 1.25. The maximum Gasteiger partial charge on any atom is 0.331 e. The van der Waals surface area contributed by atoms with Crippen LogP contribution < -0.4 is 5.32 Å². The zero-order valence-corrected chi connectivity index (χ0v) is 11.2. The van der Waals surface area contributed by atoms with Gasteiger partial charge in [-0.2, -0.15) is 0 Å². The summed E-state index contributed by atoms with van der Waals surface area (Å²) in [5.41, 5.74) is -1.10. The van der Waals surface area contributed by atoms with Gasteiger partial charge >= 0.3 is 5.97 Å². The van der Waals surface area contributed by atoms with Crippen LogP contribution in [0.15, 0.2) is 21.2 Å². The summed E-state index contributed by atoms with van der Waals surface area (Å²) in [6, 6.07) is 3.43. The Morgan fingerprint density at radius 2 is 2.18 bits per heavy atom. The van der Waals surface area contributed by atoms with Crippen molar-refractivity contribution in [2.24, 2.45) is 0 Å². The Morgan fingerprint density at radius 3 is 2.65 bits per heavy atom. The normalized spacial score (nSPS) is 21.1. The first-order chi connectivity index (χ1) is 8.05. The fraction of sp³-hybridized carbons (Fsp3) is 0.545. The highest BCUT2D eigenvalue weighted by Crippen LogP contribution is 2.31. The number of hydrogen-bond acceptors (Lipinski definition) is 4. The molecule has 2 rings (SSSR count). The highest BCUT2D eigenvalue weighted by atomic mass is 79.9. The van der Waals surface area contributed by atoms with E-state index in [1.165, 1.54) is 0 Å². The second-order valence-electron chi connectivity index (χ2n) is 4.22. The zero-order valence-electron chi connectivity index (χ0n) is 9.57. The number of rotatable bonds is 3. The number of piperazine rings is 1. The maximum atomic E-state index is 11.6. The van der Waals surface area contributed by atoms with Crippen LogP contribution in [0.25, 0.3) is 0 Å². The van der Waals surface area contributed by atoms with Crippen LogP contribution in [0.2, 0.25) is 0 Å². The van der Waals surface area contributed by atoms with Crippen LogP contribution in [0.4, 0.5) is 0 Å². The second-order valence-corrected chi connectivity index (χ2v) is 5.00. The van der Waals surface area contributed by atoms with Gasteiger partial charge in [0.1, 0.15) is 5.76 Å². The molecule has 1 aromatic heterocycles. The third kappa shape index (κ3) is 2.25. The lowest BCUT2D eigenvalue weighted by molar-refractivity contribution is -0.153. The molecule has 1 aromatic rings. The molecule has 2 N–H and O–H groups in total. The van der Waals surface area contributed by atoms with E-state index in [1.54, 1.807) is 19.1 Å². The quantitative estimate of drug-likeness (QED) is 0.880. The fourth-order valence-corrected chi connectivity index (χ4v) is 2.39. The molecule has 1 atom stereocenters. The molecule has 17 heavy (non-hydrogen) atoms. The van der Waals surface area contributed by atoms with Crippen molar-refractivity contribution in [1.29, 1.82) is 0 Å². The van der Waals surface area contributed by atoms with E-state index in [4.69, 9.17) is 4.42 Å². The summed E-state index contributed by atoms with van der Waals surface area (Å²) >= 11 is 3.21. The molecule has 1 saturated heterocycles. The molecule has 94 valence electrons. The van der Waals surface area contributed by atoms with Gasteiger partial charge in [-0.05, 0) is 35.0 Å². The molecule has 2 heterocycles. The van der Waals surface area contributed by atoms with Crippen molar-refractivity contribution in [2.75, 3.05) is 26.2 Å². The van der Waals surface area contributed by atoms with Crippen LogP contribution >= 0.6 is 15.9 Å². The first-order valence-electron chi connectivity index (χ1n) is 5.50. The molecular formula is C11H15BrN2O3. The van der Waals surface area contributed by atoms with Gasteiger partial charge in [0.2, 0.25) is 0 Å². The van der Waals surface area contributed by atoms with E-state index in [0.29, 0.717) is 23.5 Å². The number of aliphatic carboxylic acids is 1. The molecule has 0 aromatic carbocycles. The molecule has 0 bridgehead atoms. The number of nitrogens with one attached hydrogen (secondary N) is 1. The van der Waals surface area contributed by atoms with E-state index >= 15 is 0 Å². The van der Waals surface area contributed by atoms with Gasteiger partial charge in [-0.15, -0.1) is 0 Å². The van der Waals surface area contributed by atoms with Gasteiger partial charge in [-0.1, -0.05) is 0 Å². The van der Waals surface area contributed by atoms with Gasteiger partial charge in [0, 0.05) is 26.2 Å². The number of halogens is 1. The Morgan fingerprint density at radius 1 is 1.53 bits per heavy atom. The Labute approximate surface area is 108 Å². The Bertz CT molecular complexity index is 415. The van der Waals surface area contributed by atoms with Crippen molar-refractivity contribution in [3.05, 3.63) is 22.6 Å². The van der Waals surface area contributed by atoms with Crippen LogP contribution in [0.5, 0.6) is 0 Å². The van der Waals surface area contributed by atoms with Gasteiger partial charge in [0.05, 0.1) is 0 Å². The average molecular weight is 303 g/mol. The molecule has 1 fully saturated rings. The molecule has 1 aliphatic rings. The molecule has 0 spiro atoms. The third-order valence-corrected chi connectivity index (χ3v) is 3.65. The summed E-state index contributed by atoms with van der Waals surface area (Å²) in [6.07, 6.45) is 0. The number of carboxylic acid groups (broad SMARTS) is 1. The number of carboxylic acids is 1. The predicted molar refractivity (Wildman–Crippen MR) is 65.8 cm³/mol. The molecular weight excluding hydrogens is 288 g/mol. The van der Waals surface area contributed by atoms with Gasteiger partial charge in [-0.25, -0.2) is 4.79 Å². The molecule has 0 saturated carbocycles. The van der Waals surface area contributed by atoms with Crippen LogP contribution in [0.1, 0.15) is 12.7 Å². The summed E-state index contributed by atoms with van der Waals surface area (Å²) in [5, 5.41) is 12.7. The average Bonchev–Trinajstić information content (AvgIpc) is 2.76. The first kappa shape index (κ1) is 12.6. The van der Waals surface area contributed by atoms with E-state index in [1.807, 2.05) is 4.90 Å². The van der Waals surface area contributed by atoms with Crippen molar-refractivity contribution in [3.63, 3.8) is 0 Å². The van der Waals surface area contributed by atoms with Crippen LogP contribution in [-0.2, 0) is 10.3 Å². The number of nitrogens with zero attached hydrogens (tertiary/aromatic N) is 1. The van der Waals surface area contributed by atoms with Gasteiger partial charge < -0.3 is 14.8 Å². The number of carbonyl (C=O) groups is 1. The monoisotopic (exact) mass is 302 g/mol. The lowest BCUT2D eigenvalue weighted by atomic mass is 9.95. The standard InChI is InChI=1S/C11H15BrN2O3/c1-11(10(15)16,8-2-3-9(12)17-8)14-6-4-13-5-7-14/h2-3,13H,4-7H2,1H3,(H,15,16). The van der Waals surface area contributed by atoms with Crippen LogP contribution in [0.3, 0.4) is 0 Å². The van der Waals surface area contributed by atoms with Crippen molar-refractivity contribution in [3.8, 4) is 0 Å². The minimum absolute atomic E-state index is 0.457. The maximum absolute atomic E-state index is 11.6. The minimum Gasteiger partial charge on any atom is -0.480 e. The third-order valence-electron chi connectivity index (χ3n) is 3.22. The fourth-order valence-electron chi connectivity index (χ4n) is 2.08. The Hall–Kier alpha value is -0.850. The molecule has 0 amide bonds. The molecule has 1 unspecified atom stereocenters. The summed E-state index contributed by atoms with van der Waals surface area (Å²) in [5.74, 6) is -0.431. The second kappa shape index (κ2) is 4.80. The molecule has 1 aliphatic heterocycles. The molecule has 6 heteroatoms. The molecule has 0 aliphatic carbocycles. The van der Waals surface area contributed by atoms with Crippen LogP contribution in [-0.4, -0.2) is 42.2 Å². The summed E-state index contributed by atoms with van der Waals surface area (Å²) in [6.45, 7) is 4.67. The van der Waals surface area contributed by atoms with Crippen molar-refractivity contribution in [2.45, 2.75) is 12.5 Å². The van der Waals surface area contributed by atoms with Gasteiger partial charge in [-0.3, -0.25) is 4.90 Å². The van der Waals surface area contributed by atoms with E-state index in [2.05, 4.69) is 21.2 Å². The zero-order chi connectivity index (χ0) is 12.5. The summed E-state index contributed by atoms with van der Waals surface area (Å²) < 4.78 is 5.99. The van der Waals surface area contributed by atoms with Gasteiger partial charge in [0.15, 0.2) is 10.2 Å². The molecule has 0 radical (unpaired) electrons. The van der Waals surface area contributed by atoms with E-state index in [0.717, 1.165) is 13.1 Å².